The Hall–Kier alpha value is -0.650. The predicted octanol–water partition coefficient (Wildman–Crippen LogP) is 1.37. The molecule has 0 aromatic carbocycles. The zero-order valence-corrected chi connectivity index (χ0v) is 14.1. The summed E-state index contributed by atoms with van der Waals surface area (Å²) in [6.07, 6.45) is 6.56. The molecule has 1 atom stereocenters. The second kappa shape index (κ2) is 8.85. The van der Waals surface area contributed by atoms with E-state index in [0.717, 1.165) is 52.2 Å². The second-order valence-corrected chi connectivity index (χ2v) is 7.26. The SMILES string of the molecule is CC(CNC(=O)CC1(CN)CCCCC1)CN1CCOCC1. The molecule has 1 unspecified atom stereocenters. The van der Waals surface area contributed by atoms with Gasteiger partial charge in [-0.05, 0) is 30.7 Å². The minimum Gasteiger partial charge on any atom is -0.379 e. The minimum atomic E-state index is 0.0653. The normalized spacial score (nSPS) is 23.9. The number of rotatable bonds is 7. The van der Waals surface area contributed by atoms with Gasteiger partial charge in [0.1, 0.15) is 0 Å². The fourth-order valence-corrected chi connectivity index (χ4v) is 3.74. The Morgan fingerprint density at radius 3 is 2.59 bits per heavy atom. The van der Waals surface area contributed by atoms with E-state index in [4.69, 9.17) is 10.5 Å². The van der Waals surface area contributed by atoms with Crippen molar-refractivity contribution in [2.45, 2.75) is 45.4 Å². The minimum absolute atomic E-state index is 0.0653. The van der Waals surface area contributed by atoms with E-state index in [-0.39, 0.29) is 11.3 Å². The Morgan fingerprint density at radius 1 is 1.27 bits per heavy atom. The van der Waals surface area contributed by atoms with Gasteiger partial charge in [0.2, 0.25) is 5.91 Å². The molecule has 22 heavy (non-hydrogen) atoms. The van der Waals surface area contributed by atoms with E-state index in [9.17, 15) is 4.79 Å². The molecule has 2 fully saturated rings. The average Bonchev–Trinajstić information content (AvgIpc) is 2.55. The smallest absolute Gasteiger partial charge is 0.220 e. The Kier molecular flexibility index (Phi) is 7.12. The van der Waals surface area contributed by atoms with Crippen molar-refractivity contribution in [3.05, 3.63) is 0 Å². The van der Waals surface area contributed by atoms with Gasteiger partial charge < -0.3 is 15.8 Å². The number of nitrogens with two attached hydrogens (primary N) is 1. The van der Waals surface area contributed by atoms with Gasteiger partial charge in [0.15, 0.2) is 0 Å². The number of morpholine rings is 1. The highest BCUT2D eigenvalue weighted by Crippen LogP contribution is 2.38. The van der Waals surface area contributed by atoms with E-state index in [1.807, 2.05) is 0 Å². The third kappa shape index (κ3) is 5.52. The van der Waals surface area contributed by atoms with E-state index in [1.165, 1.54) is 19.3 Å². The third-order valence-corrected chi connectivity index (χ3v) is 5.20. The van der Waals surface area contributed by atoms with Crippen LogP contribution in [0.4, 0.5) is 0 Å². The average molecular weight is 311 g/mol. The van der Waals surface area contributed by atoms with Crippen LogP contribution in [0, 0.1) is 11.3 Å². The molecule has 5 heteroatoms. The van der Waals surface area contributed by atoms with Gasteiger partial charge in [0.05, 0.1) is 13.2 Å². The standard InChI is InChI=1S/C17H33N3O2/c1-15(13-20-7-9-22-10-8-20)12-19-16(21)11-17(14-18)5-3-2-4-6-17/h15H,2-14,18H2,1H3,(H,19,21). The highest BCUT2D eigenvalue weighted by molar-refractivity contribution is 5.76. The molecule has 0 spiro atoms. The highest BCUT2D eigenvalue weighted by atomic mass is 16.5. The number of carbonyl (C=O) groups is 1. The van der Waals surface area contributed by atoms with Crippen LogP contribution >= 0.6 is 0 Å². The van der Waals surface area contributed by atoms with Crippen LogP contribution in [0.5, 0.6) is 0 Å². The predicted molar refractivity (Wildman–Crippen MR) is 88.6 cm³/mol. The van der Waals surface area contributed by atoms with Crippen LogP contribution in [-0.2, 0) is 9.53 Å². The summed E-state index contributed by atoms with van der Waals surface area (Å²) in [5.41, 5.74) is 6.03. The topological polar surface area (TPSA) is 67.6 Å². The van der Waals surface area contributed by atoms with Gasteiger partial charge in [0, 0.05) is 32.6 Å². The number of carbonyl (C=O) groups excluding carboxylic acids is 1. The van der Waals surface area contributed by atoms with Crippen LogP contribution in [0.15, 0.2) is 0 Å². The zero-order valence-electron chi connectivity index (χ0n) is 14.1. The van der Waals surface area contributed by atoms with Crippen molar-refractivity contribution in [1.82, 2.24) is 10.2 Å². The second-order valence-electron chi connectivity index (χ2n) is 7.26. The van der Waals surface area contributed by atoms with Crippen molar-refractivity contribution in [3.63, 3.8) is 0 Å². The number of amides is 1. The molecule has 2 aliphatic rings. The molecule has 2 rings (SSSR count). The maximum absolute atomic E-state index is 12.3. The molecule has 1 aliphatic carbocycles. The van der Waals surface area contributed by atoms with Gasteiger partial charge in [-0.15, -0.1) is 0 Å². The van der Waals surface area contributed by atoms with E-state index < -0.39 is 0 Å². The maximum atomic E-state index is 12.3. The largest absolute Gasteiger partial charge is 0.379 e. The van der Waals surface area contributed by atoms with Crippen molar-refractivity contribution in [1.29, 1.82) is 0 Å². The summed E-state index contributed by atoms with van der Waals surface area (Å²) < 4.78 is 5.36. The summed E-state index contributed by atoms with van der Waals surface area (Å²) in [6.45, 7) is 8.32. The van der Waals surface area contributed by atoms with E-state index >= 15 is 0 Å². The fourth-order valence-electron chi connectivity index (χ4n) is 3.74. The Morgan fingerprint density at radius 2 is 1.95 bits per heavy atom. The lowest BCUT2D eigenvalue weighted by atomic mass is 9.71. The quantitative estimate of drug-likeness (QED) is 0.745. The molecular formula is C17H33N3O2. The summed E-state index contributed by atoms with van der Waals surface area (Å²) in [6, 6.07) is 0. The Bertz CT molecular complexity index is 337. The first kappa shape index (κ1) is 17.7. The summed E-state index contributed by atoms with van der Waals surface area (Å²) in [7, 11) is 0. The summed E-state index contributed by atoms with van der Waals surface area (Å²) in [5, 5.41) is 3.13. The number of hydrogen-bond donors (Lipinski definition) is 2. The van der Waals surface area contributed by atoms with Crippen molar-refractivity contribution >= 4 is 5.91 Å². The fraction of sp³-hybridized carbons (Fsp3) is 0.941. The molecule has 0 radical (unpaired) electrons. The Labute approximate surface area is 134 Å². The van der Waals surface area contributed by atoms with Gasteiger partial charge in [-0.2, -0.15) is 0 Å². The van der Waals surface area contributed by atoms with Crippen LogP contribution in [0.2, 0.25) is 0 Å². The van der Waals surface area contributed by atoms with E-state index in [0.29, 0.717) is 18.9 Å². The Balaban J connectivity index is 1.67. The zero-order chi connectivity index (χ0) is 15.8. The molecule has 128 valence electrons. The lowest BCUT2D eigenvalue weighted by Gasteiger charge is -2.35. The molecule has 0 aromatic heterocycles. The van der Waals surface area contributed by atoms with Crippen LogP contribution in [0.25, 0.3) is 0 Å². The molecular weight excluding hydrogens is 278 g/mol. The molecule has 1 saturated heterocycles. The molecule has 1 amide bonds. The van der Waals surface area contributed by atoms with Gasteiger partial charge in [-0.3, -0.25) is 9.69 Å². The van der Waals surface area contributed by atoms with Gasteiger partial charge >= 0.3 is 0 Å². The van der Waals surface area contributed by atoms with Crippen molar-refractivity contribution in [2.75, 3.05) is 45.9 Å². The first-order valence-corrected chi connectivity index (χ1v) is 8.90. The third-order valence-electron chi connectivity index (χ3n) is 5.20. The van der Waals surface area contributed by atoms with Crippen LogP contribution in [0.1, 0.15) is 45.4 Å². The van der Waals surface area contributed by atoms with Crippen LogP contribution in [0.3, 0.4) is 0 Å². The van der Waals surface area contributed by atoms with Gasteiger partial charge in [-0.1, -0.05) is 26.2 Å². The molecule has 1 aliphatic heterocycles. The highest BCUT2D eigenvalue weighted by Gasteiger charge is 2.32. The number of nitrogens with one attached hydrogen (secondary N) is 1. The van der Waals surface area contributed by atoms with Crippen LogP contribution < -0.4 is 11.1 Å². The van der Waals surface area contributed by atoms with Crippen molar-refractivity contribution in [2.24, 2.45) is 17.1 Å². The summed E-state index contributed by atoms with van der Waals surface area (Å²) >= 11 is 0. The monoisotopic (exact) mass is 311 g/mol. The first-order valence-electron chi connectivity index (χ1n) is 8.90. The van der Waals surface area contributed by atoms with Crippen LogP contribution in [-0.4, -0.2) is 56.7 Å². The van der Waals surface area contributed by atoms with E-state index in [2.05, 4.69) is 17.1 Å². The molecule has 1 heterocycles. The lowest BCUT2D eigenvalue weighted by Crippen LogP contribution is -2.43. The van der Waals surface area contributed by atoms with Crippen molar-refractivity contribution in [3.8, 4) is 0 Å². The molecule has 5 nitrogen and oxygen atoms in total. The molecule has 1 saturated carbocycles. The summed E-state index contributed by atoms with van der Waals surface area (Å²) in [5.74, 6) is 0.656. The molecule has 0 bridgehead atoms. The number of nitrogens with zero attached hydrogens (tertiary/aromatic N) is 1. The van der Waals surface area contributed by atoms with E-state index in [1.54, 1.807) is 0 Å². The maximum Gasteiger partial charge on any atom is 0.220 e. The first-order chi connectivity index (χ1) is 10.6. The lowest BCUT2D eigenvalue weighted by molar-refractivity contribution is -0.124. The van der Waals surface area contributed by atoms with Crippen molar-refractivity contribution < 1.29 is 9.53 Å². The number of hydrogen-bond acceptors (Lipinski definition) is 4. The van der Waals surface area contributed by atoms with Gasteiger partial charge in [0.25, 0.3) is 0 Å². The van der Waals surface area contributed by atoms with Gasteiger partial charge in [-0.25, -0.2) is 0 Å². The number of ether oxygens (including phenoxy) is 1. The summed E-state index contributed by atoms with van der Waals surface area (Å²) in [4.78, 5) is 14.7. The molecule has 3 N–H and O–H groups in total. The molecule has 0 aromatic rings.